The van der Waals surface area contributed by atoms with Crippen LogP contribution in [0.25, 0.3) is 0 Å². The van der Waals surface area contributed by atoms with Crippen molar-refractivity contribution in [2.45, 2.75) is 38.5 Å². The molecule has 1 saturated carbocycles. The standard InChI is InChI=1S/C8H15Cl/c1-3-7-4-6(2)5-8(7)9/h6-8H,3-5H2,1-2H3. The molecular formula is C8H15Cl. The molecule has 0 aliphatic heterocycles. The molecule has 1 fully saturated rings. The summed E-state index contributed by atoms with van der Waals surface area (Å²) in [5, 5.41) is 0.477. The van der Waals surface area contributed by atoms with Crippen molar-refractivity contribution in [2.75, 3.05) is 0 Å². The van der Waals surface area contributed by atoms with Crippen LogP contribution in [0.1, 0.15) is 33.1 Å². The molecule has 0 radical (unpaired) electrons. The Balaban J connectivity index is 2.38. The number of rotatable bonds is 1. The summed E-state index contributed by atoms with van der Waals surface area (Å²) in [7, 11) is 0. The van der Waals surface area contributed by atoms with Gasteiger partial charge in [-0.3, -0.25) is 0 Å². The molecule has 1 aliphatic carbocycles. The molecule has 3 unspecified atom stereocenters. The summed E-state index contributed by atoms with van der Waals surface area (Å²) in [6.07, 6.45) is 3.85. The Morgan fingerprint density at radius 3 is 2.33 bits per heavy atom. The maximum Gasteiger partial charge on any atom is 0.0366 e. The van der Waals surface area contributed by atoms with Crippen LogP contribution < -0.4 is 0 Å². The molecule has 1 rings (SSSR count). The molecule has 9 heavy (non-hydrogen) atoms. The second-order valence-corrected chi connectivity index (χ2v) is 3.82. The number of hydrogen-bond donors (Lipinski definition) is 0. The van der Waals surface area contributed by atoms with Crippen molar-refractivity contribution in [1.29, 1.82) is 0 Å². The zero-order chi connectivity index (χ0) is 6.85. The number of halogens is 1. The third-order valence-electron chi connectivity index (χ3n) is 2.37. The first-order valence-corrected chi connectivity index (χ1v) is 4.31. The van der Waals surface area contributed by atoms with Gasteiger partial charge in [0.1, 0.15) is 0 Å². The SMILES string of the molecule is CCC1CC(C)CC1Cl. The van der Waals surface area contributed by atoms with Crippen LogP contribution >= 0.6 is 11.6 Å². The van der Waals surface area contributed by atoms with Gasteiger partial charge < -0.3 is 0 Å². The van der Waals surface area contributed by atoms with Crippen LogP contribution in [0.2, 0.25) is 0 Å². The van der Waals surface area contributed by atoms with Gasteiger partial charge in [0.2, 0.25) is 0 Å². The minimum Gasteiger partial charge on any atom is -0.123 e. The quantitative estimate of drug-likeness (QED) is 0.499. The molecule has 1 aliphatic rings. The first-order valence-electron chi connectivity index (χ1n) is 3.88. The van der Waals surface area contributed by atoms with E-state index in [1.54, 1.807) is 0 Å². The summed E-state index contributed by atoms with van der Waals surface area (Å²) < 4.78 is 0. The summed E-state index contributed by atoms with van der Waals surface area (Å²) in [4.78, 5) is 0. The molecule has 0 bridgehead atoms. The fourth-order valence-electron chi connectivity index (χ4n) is 1.76. The average Bonchev–Trinajstić information content (AvgIpc) is 2.10. The van der Waals surface area contributed by atoms with E-state index in [0.717, 1.165) is 11.8 Å². The average molecular weight is 147 g/mol. The number of alkyl halides is 1. The summed E-state index contributed by atoms with van der Waals surface area (Å²) in [5.41, 5.74) is 0. The maximum atomic E-state index is 6.07. The summed E-state index contributed by atoms with van der Waals surface area (Å²) in [5.74, 6) is 1.68. The van der Waals surface area contributed by atoms with E-state index >= 15 is 0 Å². The zero-order valence-electron chi connectivity index (χ0n) is 6.23. The molecule has 0 N–H and O–H groups in total. The molecule has 0 aromatic carbocycles. The third-order valence-corrected chi connectivity index (χ3v) is 2.90. The van der Waals surface area contributed by atoms with E-state index in [9.17, 15) is 0 Å². The Hall–Kier alpha value is 0.290. The van der Waals surface area contributed by atoms with E-state index < -0.39 is 0 Å². The largest absolute Gasteiger partial charge is 0.123 e. The van der Waals surface area contributed by atoms with Gasteiger partial charge in [-0.25, -0.2) is 0 Å². The highest BCUT2D eigenvalue weighted by Gasteiger charge is 2.28. The van der Waals surface area contributed by atoms with Crippen LogP contribution in [0.4, 0.5) is 0 Å². The highest BCUT2D eigenvalue weighted by molar-refractivity contribution is 6.20. The first kappa shape index (κ1) is 7.40. The van der Waals surface area contributed by atoms with E-state index in [1.165, 1.54) is 19.3 Å². The van der Waals surface area contributed by atoms with Crippen molar-refractivity contribution in [3.63, 3.8) is 0 Å². The van der Waals surface area contributed by atoms with E-state index in [1.807, 2.05) is 0 Å². The highest BCUT2D eigenvalue weighted by Crippen LogP contribution is 2.36. The molecule has 0 aromatic rings. The van der Waals surface area contributed by atoms with E-state index in [2.05, 4.69) is 13.8 Å². The molecule has 0 amide bonds. The minimum atomic E-state index is 0.477. The second kappa shape index (κ2) is 2.92. The Morgan fingerprint density at radius 1 is 1.44 bits per heavy atom. The van der Waals surface area contributed by atoms with Crippen LogP contribution in [-0.4, -0.2) is 5.38 Å². The van der Waals surface area contributed by atoms with Crippen molar-refractivity contribution in [3.05, 3.63) is 0 Å². The molecular weight excluding hydrogens is 132 g/mol. The van der Waals surface area contributed by atoms with E-state index in [0.29, 0.717) is 5.38 Å². The Morgan fingerprint density at radius 2 is 2.11 bits per heavy atom. The van der Waals surface area contributed by atoms with Gasteiger partial charge in [0.15, 0.2) is 0 Å². The topological polar surface area (TPSA) is 0 Å². The Kier molecular flexibility index (Phi) is 2.40. The lowest BCUT2D eigenvalue weighted by atomic mass is 10.0. The molecule has 0 nitrogen and oxygen atoms in total. The first-order chi connectivity index (χ1) is 4.24. The molecule has 0 spiro atoms. The lowest BCUT2D eigenvalue weighted by Gasteiger charge is -2.08. The van der Waals surface area contributed by atoms with E-state index in [4.69, 9.17) is 11.6 Å². The minimum absolute atomic E-state index is 0.477. The molecule has 0 heterocycles. The van der Waals surface area contributed by atoms with Crippen molar-refractivity contribution in [2.24, 2.45) is 11.8 Å². The maximum absolute atomic E-state index is 6.07. The lowest BCUT2D eigenvalue weighted by molar-refractivity contribution is 0.504. The molecule has 0 saturated heterocycles. The van der Waals surface area contributed by atoms with Gasteiger partial charge >= 0.3 is 0 Å². The Bertz CT molecular complexity index is 90.6. The summed E-state index contributed by atoms with van der Waals surface area (Å²) in [6, 6.07) is 0. The van der Waals surface area contributed by atoms with Crippen molar-refractivity contribution < 1.29 is 0 Å². The second-order valence-electron chi connectivity index (χ2n) is 3.26. The Labute approximate surface area is 62.6 Å². The van der Waals surface area contributed by atoms with Gasteiger partial charge in [0.25, 0.3) is 0 Å². The summed E-state index contributed by atoms with van der Waals surface area (Å²) >= 11 is 6.07. The van der Waals surface area contributed by atoms with Crippen molar-refractivity contribution in [1.82, 2.24) is 0 Å². The monoisotopic (exact) mass is 146 g/mol. The van der Waals surface area contributed by atoms with Crippen LogP contribution in [0, 0.1) is 11.8 Å². The van der Waals surface area contributed by atoms with Crippen molar-refractivity contribution in [3.8, 4) is 0 Å². The molecule has 3 atom stereocenters. The third kappa shape index (κ3) is 1.61. The smallest absolute Gasteiger partial charge is 0.0366 e. The van der Waals surface area contributed by atoms with E-state index in [-0.39, 0.29) is 0 Å². The van der Waals surface area contributed by atoms with Gasteiger partial charge in [-0.05, 0) is 24.7 Å². The zero-order valence-corrected chi connectivity index (χ0v) is 6.99. The predicted octanol–water partition coefficient (Wildman–Crippen LogP) is 3.05. The van der Waals surface area contributed by atoms with Gasteiger partial charge in [0, 0.05) is 5.38 Å². The van der Waals surface area contributed by atoms with Gasteiger partial charge in [-0.2, -0.15) is 0 Å². The van der Waals surface area contributed by atoms with Gasteiger partial charge in [0.05, 0.1) is 0 Å². The fraction of sp³-hybridized carbons (Fsp3) is 1.00. The van der Waals surface area contributed by atoms with Crippen LogP contribution in [-0.2, 0) is 0 Å². The van der Waals surface area contributed by atoms with Crippen LogP contribution in [0.5, 0.6) is 0 Å². The summed E-state index contributed by atoms with van der Waals surface area (Å²) in [6.45, 7) is 4.53. The fourth-order valence-corrected chi connectivity index (χ4v) is 2.35. The molecule has 1 heteroatoms. The van der Waals surface area contributed by atoms with Gasteiger partial charge in [-0.15, -0.1) is 11.6 Å². The van der Waals surface area contributed by atoms with Gasteiger partial charge in [-0.1, -0.05) is 20.3 Å². The predicted molar refractivity (Wildman–Crippen MR) is 41.8 cm³/mol. The van der Waals surface area contributed by atoms with Crippen LogP contribution in [0.3, 0.4) is 0 Å². The molecule has 0 aromatic heterocycles. The van der Waals surface area contributed by atoms with Crippen LogP contribution in [0.15, 0.2) is 0 Å². The normalized spacial score (nSPS) is 43.7. The van der Waals surface area contributed by atoms with Crippen molar-refractivity contribution >= 4 is 11.6 Å². The highest BCUT2D eigenvalue weighted by atomic mass is 35.5. The lowest BCUT2D eigenvalue weighted by Crippen LogP contribution is -2.03. The number of hydrogen-bond acceptors (Lipinski definition) is 0. The molecule has 54 valence electrons.